The molecule has 0 aliphatic heterocycles. The van der Waals surface area contributed by atoms with Crippen LogP contribution in [0.5, 0.6) is 5.75 Å². The van der Waals surface area contributed by atoms with E-state index in [1.807, 2.05) is 0 Å². The van der Waals surface area contributed by atoms with E-state index < -0.39 is 5.91 Å². The molecule has 7 nitrogen and oxygen atoms in total. The summed E-state index contributed by atoms with van der Waals surface area (Å²) in [4.78, 5) is 23.8. The SMILES string of the molecule is COc1ccc(Cl)cc1Nc1ccc(C(=O)Nc2cccc(C(C)=O)c2)nn1. The zero-order valence-electron chi connectivity index (χ0n) is 15.2. The van der Waals surface area contributed by atoms with E-state index in [1.165, 1.54) is 13.0 Å². The summed E-state index contributed by atoms with van der Waals surface area (Å²) in [5, 5.41) is 14.2. The molecule has 0 saturated heterocycles. The summed E-state index contributed by atoms with van der Waals surface area (Å²) in [7, 11) is 1.55. The van der Waals surface area contributed by atoms with Gasteiger partial charge < -0.3 is 15.4 Å². The van der Waals surface area contributed by atoms with E-state index >= 15 is 0 Å². The minimum absolute atomic E-state index is 0.0808. The van der Waals surface area contributed by atoms with Gasteiger partial charge in [-0.15, -0.1) is 10.2 Å². The Labute approximate surface area is 166 Å². The standard InChI is InChI=1S/C20H17ClN4O3/c1-12(26)13-4-3-5-15(10-13)22-20(27)16-7-9-19(25-24-16)23-17-11-14(21)6-8-18(17)28-2/h3-11H,1-2H3,(H,22,27)(H,23,25). The molecule has 0 unspecified atom stereocenters. The highest BCUT2D eigenvalue weighted by Gasteiger charge is 2.11. The van der Waals surface area contributed by atoms with Gasteiger partial charge in [-0.05, 0) is 49.4 Å². The molecule has 0 bridgehead atoms. The fraction of sp³-hybridized carbons (Fsp3) is 0.100. The van der Waals surface area contributed by atoms with Crippen LogP contribution in [0.3, 0.4) is 0 Å². The molecular formula is C20H17ClN4O3. The molecule has 0 radical (unpaired) electrons. The Bertz CT molecular complexity index is 1020. The van der Waals surface area contributed by atoms with Gasteiger partial charge in [0.05, 0.1) is 12.8 Å². The minimum atomic E-state index is -0.430. The molecule has 0 aliphatic carbocycles. The van der Waals surface area contributed by atoms with Gasteiger partial charge in [0.1, 0.15) is 5.75 Å². The minimum Gasteiger partial charge on any atom is -0.495 e. The molecule has 1 heterocycles. The predicted molar refractivity (Wildman–Crippen MR) is 108 cm³/mol. The maximum atomic E-state index is 12.4. The lowest BCUT2D eigenvalue weighted by molar-refractivity contribution is 0.100. The highest BCUT2D eigenvalue weighted by molar-refractivity contribution is 6.31. The molecule has 0 atom stereocenters. The maximum absolute atomic E-state index is 12.4. The Kier molecular flexibility index (Phi) is 5.86. The molecular weight excluding hydrogens is 380 g/mol. The van der Waals surface area contributed by atoms with Gasteiger partial charge in [-0.2, -0.15) is 0 Å². The third kappa shape index (κ3) is 4.63. The zero-order chi connectivity index (χ0) is 20.1. The Balaban J connectivity index is 1.72. The van der Waals surface area contributed by atoms with Crippen LogP contribution in [0.15, 0.2) is 54.6 Å². The van der Waals surface area contributed by atoms with Crippen LogP contribution in [-0.2, 0) is 0 Å². The van der Waals surface area contributed by atoms with Crippen LogP contribution in [0, 0.1) is 0 Å². The average molecular weight is 397 g/mol. The van der Waals surface area contributed by atoms with Crippen molar-refractivity contribution in [2.45, 2.75) is 6.92 Å². The van der Waals surface area contributed by atoms with E-state index in [4.69, 9.17) is 16.3 Å². The molecule has 0 saturated carbocycles. The van der Waals surface area contributed by atoms with Crippen molar-refractivity contribution in [3.8, 4) is 5.75 Å². The van der Waals surface area contributed by atoms with E-state index in [1.54, 1.807) is 55.6 Å². The molecule has 1 aromatic heterocycles. The maximum Gasteiger partial charge on any atom is 0.276 e. The molecule has 1 amide bonds. The molecule has 8 heteroatoms. The van der Waals surface area contributed by atoms with Crippen LogP contribution < -0.4 is 15.4 Å². The third-order valence-electron chi connectivity index (χ3n) is 3.85. The van der Waals surface area contributed by atoms with Gasteiger partial charge in [-0.1, -0.05) is 23.7 Å². The summed E-state index contributed by atoms with van der Waals surface area (Å²) in [6.45, 7) is 1.47. The van der Waals surface area contributed by atoms with Crippen LogP contribution in [0.25, 0.3) is 0 Å². The number of hydrogen-bond acceptors (Lipinski definition) is 6. The van der Waals surface area contributed by atoms with Crippen molar-refractivity contribution in [3.63, 3.8) is 0 Å². The van der Waals surface area contributed by atoms with E-state index in [2.05, 4.69) is 20.8 Å². The molecule has 28 heavy (non-hydrogen) atoms. The summed E-state index contributed by atoms with van der Waals surface area (Å²) in [5.74, 6) is 0.511. The van der Waals surface area contributed by atoms with E-state index in [0.717, 1.165) is 0 Å². The first-order valence-corrected chi connectivity index (χ1v) is 8.70. The Morgan fingerprint density at radius 3 is 2.54 bits per heavy atom. The zero-order valence-corrected chi connectivity index (χ0v) is 15.9. The van der Waals surface area contributed by atoms with Gasteiger partial charge in [0.15, 0.2) is 17.3 Å². The number of ketones is 1. The number of carbonyl (C=O) groups excluding carboxylic acids is 2. The predicted octanol–water partition coefficient (Wildman–Crippen LogP) is 4.34. The number of nitrogens with zero attached hydrogens (tertiary/aromatic N) is 2. The Morgan fingerprint density at radius 1 is 1.04 bits per heavy atom. The number of ether oxygens (including phenoxy) is 1. The summed E-state index contributed by atoms with van der Waals surface area (Å²) in [5.41, 5.74) is 1.78. The van der Waals surface area contributed by atoms with E-state index in [0.29, 0.717) is 33.5 Å². The normalized spacial score (nSPS) is 10.2. The summed E-state index contributed by atoms with van der Waals surface area (Å²) in [6.07, 6.45) is 0. The van der Waals surface area contributed by atoms with Crippen molar-refractivity contribution in [2.75, 3.05) is 17.7 Å². The Hall–Kier alpha value is -3.45. The van der Waals surface area contributed by atoms with Crippen LogP contribution in [0.1, 0.15) is 27.8 Å². The van der Waals surface area contributed by atoms with Gasteiger partial charge in [-0.25, -0.2) is 0 Å². The molecule has 0 fully saturated rings. The number of hydrogen-bond donors (Lipinski definition) is 2. The smallest absolute Gasteiger partial charge is 0.276 e. The second kappa shape index (κ2) is 8.49. The summed E-state index contributed by atoms with van der Waals surface area (Å²) >= 11 is 6.01. The molecule has 142 valence electrons. The van der Waals surface area contributed by atoms with Crippen LogP contribution in [0.4, 0.5) is 17.2 Å². The van der Waals surface area contributed by atoms with Crippen LogP contribution in [0.2, 0.25) is 5.02 Å². The molecule has 3 rings (SSSR count). The lowest BCUT2D eigenvalue weighted by Crippen LogP contribution is -2.15. The van der Waals surface area contributed by atoms with Crippen molar-refractivity contribution in [1.82, 2.24) is 10.2 Å². The van der Waals surface area contributed by atoms with Crippen molar-refractivity contribution in [2.24, 2.45) is 0 Å². The first kappa shape index (κ1) is 19.3. The number of amides is 1. The van der Waals surface area contributed by atoms with Gasteiger partial charge in [0.25, 0.3) is 5.91 Å². The molecule has 0 aliphatic rings. The molecule has 2 aromatic carbocycles. The number of Topliss-reactive ketones (excluding diaryl/α,β-unsaturated/α-hetero) is 1. The molecule has 3 aromatic rings. The number of anilines is 3. The lowest BCUT2D eigenvalue weighted by atomic mass is 10.1. The van der Waals surface area contributed by atoms with Crippen LogP contribution >= 0.6 is 11.6 Å². The topological polar surface area (TPSA) is 93.2 Å². The number of rotatable bonds is 6. The van der Waals surface area contributed by atoms with Crippen molar-refractivity contribution < 1.29 is 14.3 Å². The quantitative estimate of drug-likeness (QED) is 0.602. The largest absolute Gasteiger partial charge is 0.495 e. The van der Waals surface area contributed by atoms with Gasteiger partial charge >= 0.3 is 0 Å². The first-order valence-electron chi connectivity index (χ1n) is 8.33. The molecule has 2 N–H and O–H groups in total. The van der Waals surface area contributed by atoms with E-state index in [-0.39, 0.29) is 11.5 Å². The highest BCUT2D eigenvalue weighted by atomic mass is 35.5. The van der Waals surface area contributed by atoms with Crippen molar-refractivity contribution in [3.05, 3.63) is 70.9 Å². The average Bonchev–Trinajstić information content (AvgIpc) is 2.69. The molecule has 0 spiro atoms. The number of carbonyl (C=O) groups is 2. The van der Waals surface area contributed by atoms with Gasteiger partial charge in [0.2, 0.25) is 0 Å². The third-order valence-corrected chi connectivity index (χ3v) is 4.08. The number of aromatic nitrogens is 2. The second-order valence-corrected chi connectivity index (χ2v) is 6.30. The van der Waals surface area contributed by atoms with E-state index in [9.17, 15) is 9.59 Å². The van der Waals surface area contributed by atoms with Crippen molar-refractivity contribution in [1.29, 1.82) is 0 Å². The first-order chi connectivity index (χ1) is 13.5. The number of benzene rings is 2. The van der Waals surface area contributed by atoms with Gasteiger partial charge in [-0.3, -0.25) is 9.59 Å². The number of nitrogens with one attached hydrogen (secondary N) is 2. The lowest BCUT2D eigenvalue weighted by Gasteiger charge is -2.11. The highest BCUT2D eigenvalue weighted by Crippen LogP contribution is 2.29. The fourth-order valence-electron chi connectivity index (χ4n) is 2.45. The van der Waals surface area contributed by atoms with Gasteiger partial charge in [0, 0.05) is 16.3 Å². The van der Waals surface area contributed by atoms with Crippen LogP contribution in [-0.4, -0.2) is 29.0 Å². The summed E-state index contributed by atoms with van der Waals surface area (Å²) < 4.78 is 5.27. The van der Waals surface area contributed by atoms with Crippen molar-refractivity contribution >= 4 is 40.5 Å². The fourth-order valence-corrected chi connectivity index (χ4v) is 2.62. The number of halogens is 1. The monoisotopic (exact) mass is 396 g/mol. The second-order valence-electron chi connectivity index (χ2n) is 5.86. The summed E-state index contributed by atoms with van der Waals surface area (Å²) in [6, 6.07) is 15.0. The number of methoxy groups -OCH3 is 1. The Morgan fingerprint density at radius 2 is 1.86 bits per heavy atom.